The summed E-state index contributed by atoms with van der Waals surface area (Å²) in [5.74, 6) is -0.929. The second-order valence-electron chi connectivity index (χ2n) is 7.79. The maximum absolute atomic E-state index is 13.8. The number of carbonyl (C=O) groups excluding carboxylic acids is 2. The van der Waals surface area contributed by atoms with Gasteiger partial charge in [-0.05, 0) is 47.9 Å². The van der Waals surface area contributed by atoms with Crippen LogP contribution in [0.3, 0.4) is 0 Å². The first-order chi connectivity index (χ1) is 15.7. The molecular weight excluding hydrogens is 425 g/mol. The van der Waals surface area contributed by atoms with Crippen molar-refractivity contribution in [2.24, 2.45) is 7.05 Å². The van der Waals surface area contributed by atoms with E-state index in [1.165, 1.54) is 47.2 Å². The second-order valence-corrected chi connectivity index (χ2v) is 7.79. The molecule has 0 aliphatic carbocycles. The number of rotatable bonds is 4. The number of nitrogens with one attached hydrogen (secondary N) is 2. The number of amides is 3. The number of carbonyl (C=O) groups is 2. The highest BCUT2D eigenvalue weighted by Crippen LogP contribution is 2.29. The molecule has 2 N–H and O–H groups in total. The molecule has 168 valence electrons. The molecular formula is C24H22FN5O3. The lowest BCUT2D eigenvalue weighted by molar-refractivity contribution is -0.113. The molecule has 0 spiro atoms. The molecule has 1 aromatic heterocycles. The number of halogens is 1. The summed E-state index contributed by atoms with van der Waals surface area (Å²) in [6, 6.07) is 11.4. The second kappa shape index (κ2) is 8.70. The van der Waals surface area contributed by atoms with E-state index in [0.29, 0.717) is 22.4 Å². The molecule has 8 nitrogen and oxygen atoms in total. The Morgan fingerprint density at radius 1 is 1.12 bits per heavy atom. The molecule has 0 saturated heterocycles. The Morgan fingerprint density at radius 2 is 1.91 bits per heavy atom. The van der Waals surface area contributed by atoms with Gasteiger partial charge < -0.3 is 15.5 Å². The van der Waals surface area contributed by atoms with E-state index in [-0.39, 0.29) is 11.1 Å². The van der Waals surface area contributed by atoms with Crippen molar-refractivity contribution in [2.45, 2.75) is 13.0 Å². The molecule has 0 bridgehead atoms. The summed E-state index contributed by atoms with van der Waals surface area (Å²) < 4.78 is 15.1. The highest BCUT2D eigenvalue weighted by molar-refractivity contribution is 6.06. The number of hydrogen-bond donors (Lipinski definition) is 2. The SMILES string of the molecule is Cc1ccc(-c2ccnn(C)c2=O)cc1NC(=O)C1=CN(C)C(=O)N[C@H]1c1cccc(F)c1. The third-order valence-corrected chi connectivity index (χ3v) is 5.48. The van der Waals surface area contributed by atoms with E-state index in [0.717, 1.165) is 5.56 Å². The highest BCUT2D eigenvalue weighted by atomic mass is 19.1. The number of urea groups is 1. The van der Waals surface area contributed by atoms with Crippen LogP contribution in [0.5, 0.6) is 0 Å². The van der Waals surface area contributed by atoms with Crippen molar-refractivity contribution in [1.29, 1.82) is 0 Å². The summed E-state index contributed by atoms with van der Waals surface area (Å²) in [7, 11) is 3.09. The molecule has 1 atom stereocenters. The fourth-order valence-electron chi connectivity index (χ4n) is 3.63. The van der Waals surface area contributed by atoms with Gasteiger partial charge in [0.1, 0.15) is 5.82 Å². The first-order valence-electron chi connectivity index (χ1n) is 10.2. The third kappa shape index (κ3) is 4.38. The van der Waals surface area contributed by atoms with Gasteiger partial charge in [-0.25, -0.2) is 13.9 Å². The number of aryl methyl sites for hydroxylation is 2. The Labute approximate surface area is 189 Å². The summed E-state index contributed by atoms with van der Waals surface area (Å²) in [5.41, 5.74) is 2.80. The zero-order chi connectivity index (χ0) is 23.7. The Kier molecular flexibility index (Phi) is 5.78. The van der Waals surface area contributed by atoms with Gasteiger partial charge in [0.05, 0.1) is 17.2 Å². The summed E-state index contributed by atoms with van der Waals surface area (Å²) in [5, 5.41) is 9.53. The first kappa shape index (κ1) is 21.9. The van der Waals surface area contributed by atoms with Crippen LogP contribution in [0.25, 0.3) is 11.1 Å². The van der Waals surface area contributed by atoms with Crippen molar-refractivity contribution in [2.75, 3.05) is 12.4 Å². The summed E-state index contributed by atoms with van der Waals surface area (Å²) in [6.07, 6.45) is 2.96. The van der Waals surface area contributed by atoms with Crippen molar-refractivity contribution >= 4 is 17.6 Å². The third-order valence-electron chi connectivity index (χ3n) is 5.48. The predicted octanol–water partition coefficient (Wildman–Crippen LogP) is 3.11. The average molecular weight is 447 g/mol. The van der Waals surface area contributed by atoms with Gasteiger partial charge in [-0.2, -0.15) is 5.10 Å². The molecule has 0 fully saturated rings. The lowest BCUT2D eigenvalue weighted by Crippen LogP contribution is -2.44. The molecule has 1 aliphatic heterocycles. The Hall–Kier alpha value is -4.27. The van der Waals surface area contributed by atoms with Crippen molar-refractivity contribution in [3.8, 4) is 11.1 Å². The average Bonchev–Trinajstić information content (AvgIpc) is 2.78. The van der Waals surface area contributed by atoms with Crippen LogP contribution >= 0.6 is 0 Å². The lowest BCUT2D eigenvalue weighted by Gasteiger charge is -2.30. The first-order valence-corrected chi connectivity index (χ1v) is 10.2. The van der Waals surface area contributed by atoms with E-state index in [1.54, 1.807) is 37.4 Å². The van der Waals surface area contributed by atoms with Crippen LogP contribution < -0.4 is 16.2 Å². The van der Waals surface area contributed by atoms with Crippen molar-refractivity contribution < 1.29 is 14.0 Å². The van der Waals surface area contributed by atoms with Crippen LogP contribution in [0.1, 0.15) is 17.2 Å². The minimum Gasteiger partial charge on any atom is -0.327 e. The van der Waals surface area contributed by atoms with E-state index in [4.69, 9.17) is 0 Å². The van der Waals surface area contributed by atoms with Crippen molar-refractivity contribution in [1.82, 2.24) is 20.0 Å². The quantitative estimate of drug-likeness (QED) is 0.642. The molecule has 2 aromatic carbocycles. The van der Waals surface area contributed by atoms with Crippen LogP contribution in [0.2, 0.25) is 0 Å². The molecule has 3 aromatic rings. The zero-order valence-electron chi connectivity index (χ0n) is 18.3. The van der Waals surface area contributed by atoms with E-state index in [1.807, 2.05) is 6.92 Å². The van der Waals surface area contributed by atoms with Crippen LogP contribution in [0.15, 0.2) is 71.3 Å². The van der Waals surface area contributed by atoms with E-state index in [2.05, 4.69) is 15.7 Å². The van der Waals surface area contributed by atoms with Crippen molar-refractivity contribution in [3.63, 3.8) is 0 Å². The van der Waals surface area contributed by atoms with Gasteiger partial charge in [0.15, 0.2) is 0 Å². The fraction of sp³-hybridized carbons (Fsp3) is 0.167. The largest absolute Gasteiger partial charge is 0.327 e. The van der Waals surface area contributed by atoms with Gasteiger partial charge in [-0.3, -0.25) is 9.59 Å². The maximum atomic E-state index is 13.8. The molecule has 0 radical (unpaired) electrons. The molecule has 3 amide bonds. The Bertz CT molecular complexity index is 1350. The van der Waals surface area contributed by atoms with Crippen molar-refractivity contribution in [3.05, 3.63) is 93.8 Å². The van der Waals surface area contributed by atoms with Crippen LogP contribution in [0.4, 0.5) is 14.9 Å². The fourth-order valence-corrected chi connectivity index (χ4v) is 3.63. The minimum atomic E-state index is -0.819. The lowest BCUT2D eigenvalue weighted by atomic mass is 9.96. The molecule has 9 heteroatoms. The standard InChI is InChI=1S/C24H22FN5O3/c1-14-7-8-15(18-9-10-26-30(3)23(18)32)12-20(14)27-22(31)19-13-29(2)24(33)28-21(19)16-5-4-6-17(25)11-16/h4-13,21H,1-3H3,(H,27,31)(H,28,33)/t21-/m0/s1. The summed E-state index contributed by atoms with van der Waals surface area (Å²) in [4.78, 5) is 39.2. The molecule has 1 aliphatic rings. The number of aromatic nitrogens is 2. The molecule has 4 rings (SSSR count). The van der Waals surface area contributed by atoms with Crippen LogP contribution in [-0.4, -0.2) is 33.7 Å². The molecule has 0 saturated carbocycles. The monoisotopic (exact) mass is 447 g/mol. The van der Waals surface area contributed by atoms with Gasteiger partial charge in [0.2, 0.25) is 0 Å². The molecule has 0 unspecified atom stereocenters. The van der Waals surface area contributed by atoms with E-state index >= 15 is 0 Å². The predicted molar refractivity (Wildman–Crippen MR) is 122 cm³/mol. The normalized spacial score (nSPS) is 15.6. The van der Waals surface area contributed by atoms with Crippen LogP contribution in [-0.2, 0) is 11.8 Å². The van der Waals surface area contributed by atoms with Gasteiger partial charge in [-0.1, -0.05) is 24.3 Å². The van der Waals surface area contributed by atoms with E-state index < -0.39 is 23.8 Å². The van der Waals surface area contributed by atoms with Gasteiger partial charge in [-0.15, -0.1) is 0 Å². The van der Waals surface area contributed by atoms with Gasteiger partial charge in [0.25, 0.3) is 11.5 Å². The number of anilines is 1. The molecule has 2 heterocycles. The number of hydrogen-bond acceptors (Lipinski definition) is 4. The van der Waals surface area contributed by atoms with E-state index in [9.17, 15) is 18.8 Å². The highest BCUT2D eigenvalue weighted by Gasteiger charge is 2.31. The van der Waals surface area contributed by atoms with Gasteiger partial charge >= 0.3 is 6.03 Å². The summed E-state index contributed by atoms with van der Waals surface area (Å²) >= 11 is 0. The minimum absolute atomic E-state index is 0.243. The van der Waals surface area contributed by atoms with Gasteiger partial charge in [0, 0.05) is 32.2 Å². The summed E-state index contributed by atoms with van der Waals surface area (Å²) in [6.45, 7) is 1.83. The Balaban J connectivity index is 1.69. The smallest absolute Gasteiger partial charge is 0.321 e. The molecule has 33 heavy (non-hydrogen) atoms. The zero-order valence-corrected chi connectivity index (χ0v) is 18.3. The number of benzene rings is 2. The van der Waals surface area contributed by atoms with Crippen LogP contribution in [0, 0.1) is 12.7 Å². The topological polar surface area (TPSA) is 96.3 Å². The Morgan fingerprint density at radius 3 is 2.67 bits per heavy atom. The number of nitrogens with zero attached hydrogens (tertiary/aromatic N) is 3. The maximum Gasteiger partial charge on any atom is 0.321 e.